The summed E-state index contributed by atoms with van der Waals surface area (Å²) in [5.41, 5.74) is 1.23. The highest BCUT2D eigenvalue weighted by molar-refractivity contribution is 5.79. The summed E-state index contributed by atoms with van der Waals surface area (Å²) in [6, 6.07) is 0. The van der Waals surface area contributed by atoms with Crippen molar-refractivity contribution in [1.29, 1.82) is 0 Å². The van der Waals surface area contributed by atoms with Gasteiger partial charge in [-0.1, -0.05) is 6.92 Å². The van der Waals surface area contributed by atoms with E-state index < -0.39 is 0 Å². The summed E-state index contributed by atoms with van der Waals surface area (Å²) in [4.78, 5) is 11.2. The van der Waals surface area contributed by atoms with Gasteiger partial charge in [0.15, 0.2) is 11.9 Å². The molecule has 0 radical (unpaired) electrons. The lowest BCUT2D eigenvalue weighted by molar-refractivity contribution is -0.452. The van der Waals surface area contributed by atoms with E-state index in [0.717, 1.165) is 6.42 Å². The van der Waals surface area contributed by atoms with E-state index in [0.29, 0.717) is 19.1 Å². The van der Waals surface area contributed by atoms with Gasteiger partial charge in [0.25, 0.3) is 0 Å². The van der Waals surface area contributed by atoms with Crippen molar-refractivity contribution in [3.63, 3.8) is 0 Å². The maximum Gasteiger partial charge on any atom is 0.372 e. The zero-order valence-electron chi connectivity index (χ0n) is 9.12. The zero-order valence-corrected chi connectivity index (χ0v) is 9.12. The molecule has 0 saturated carbocycles. The molecule has 0 spiro atoms. The minimum absolute atomic E-state index is 0.161. The van der Waals surface area contributed by atoms with Crippen LogP contribution in [0, 0.1) is 5.92 Å². The van der Waals surface area contributed by atoms with Gasteiger partial charge in [0, 0.05) is 13.3 Å². The van der Waals surface area contributed by atoms with Gasteiger partial charge in [-0.15, -0.1) is 0 Å². The van der Waals surface area contributed by atoms with Crippen molar-refractivity contribution in [1.82, 2.24) is 0 Å². The molecule has 0 aromatic carbocycles. The number of hydrogen-bond donors (Lipinski definition) is 0. The third kappa shape index (κ3) is 2.98. The van der Waals surface area contributed by atoms with Crippen molar-refractivity contribution in [3.05, 3.63) is 12.3 Å². The number of carbonyl (C=O) groups is 1. The molecule has 1 aliphatic rings. The minimum Gasteiger partial charge on any atom is -0.461 e. The quantitative estimate of drug-likeness (QED) is 0.506. The van der Waals surface area contributed by atoms with Crippen LogP contribution < -0.4 is 0 Å². The first-order chi connectivity index (χ1) is 6.63. The molecule has 0 aromatic rings. The third-order valence-electron chi connectivity index (χ3n) is 2.31. The Labute approximate surface area is 85.1 Å². The molecule has 1 unspecified atom stereocenters. The highest BCUT2D eigenvalue weighted by atomic mass is 16.5. The second-order valence-corrected chi connectivity index (χ2v) is 3.69. The fourth-order valence-electron chi connectivity index (χ4n) is 1.56. The van der Waals surface area contributed by atoms with Crippen molar-refractivity contribution in [2.45, 2.75) is 27.2 Å². The average molecular weight is 196 g/mol. The van der Waals surface area contributed by atoms with Crippen molar-refractivity contribution >= 4 is 11.7 Å². The maximum absolute atomic E-state index is 11.2. The van der Waals surface area contributed by atoms with Gasteiger partial charge < -0.3 is 4.74 Å². The molecule has 0 N–H and O–H groups in total. The topological polar surface area (TPSA) is 29.3 Å². The molecule has 1 heterocycles. The Morgan fingerprint density at radius 2 is 2.43 bits per heavy atom. The van der Waals surface area contributed by atoms with Gasteiger partial charge in [0.2, 0.25) is 6.54 Å². The van der Waals surface area contributed by atoms with Crippen LogP contribution in [-0.4, -0.2) is 29.4 Å². The minimum atomic E-state index is -0.161. The second-order valence-electron chi connectivity index (χ2n) is 3.69. The summed E-state index contributed by atoms with van der Waals surface area (Å²) < 4.78 is 6.85. The Kier molecular flexibility index (Phi) is 3.86. The Morgan fingerprint density at radius 3 is 3.00 bits per heavy atom. The van der Waals surface area contributed by atoms with Crippen LogP contribution in [0.15, 0.2) is 12.3 Å². The van der Waals surface area contributed by atoms with E-state index in [4.69, 9.17) is 4.74 Å². The van der Waals surface area contributed by atoms with E-state index in [1.165, 1.54) is 5.71 Å². The third-order valence-corrected chi connectivity index (χ3v) is 2.31. The van der Waals surface area contributed by atoms with Gasteiger partial charge in [-0.2, -0.15) is 4.58 Å². The molecule has 3 nitrogen and oxygen atoms in total. The maximum atomic E-state index is 11.2. The molecule has 0 fully saturated rings. The molecule has 1 rings (SSSR count). The average Bonchev–Trinajstić information content (AvgIpc) is 2.10. The summed E-state index contributed by atoms with van der Waals surface area (Å²) in [6.07, 6.45) is 5.11. The van der Waals surface area contributed by atoms with E-state index >= 15 is 0 Å². The SMILES string of the molecule is CCOC(=O)C[N+]1=C(C)CC(C)C=C1. The standard InChI is InChI=1S/C11H18NO2/c1-4-14-11(13)8-12-6-5-9(2)7-10(12)3/h5-6,9H,4,7-8H2,1-3H3/q+1. The Bertz CT molecular complexity index is 279. The lowest BCUT2D eigenvalue weighted by Gasteiger charge is -2.10. The molecule has 3 heteroatoms. The molecular formula is C11H18NO2+. The van der Waals surface area contributed by atoms with Crippen LogP contribution in [0.3, 0.4) is 0 Å². The van der Waals surface area contributed by atoms with Crippen molar-refractivity contribution in [2.24, 2.45) is 5.92 Å². The number of hydrogen-bond acceptors (Lipinski definition) is 2. The Morgan fingerprint density at radius 1 is 1.71 bits per heavy atom. The lowest BCUT2D eigenvalue weighted by Crippen LogP contribution is -2.26. The molecule has 1 aliphatic heterocycles. The van der Waals surface area contributed by atoms with Crippen LogP contribution in [0.5, 0.6) is 0 Å². The first-order valence-corrected chi connectivity index (χ1v) is 5.06. The van der Waals surface area contributed by atoms with Gasteiger partial charge in [0.05, 0.1) is 6.61 Å². The summed E-state index contributed by atoms with van der Waals surface area (Å²) in [7, 11) is 0. The first kappa shape index (κ1) is 11.0. The summed E-state index contributed by atoms with van der Waals surface area (Å²) in [5, 5.41) is 0. The predicted octanol–water partition coefficient (Wildman–Crippen LogP) is 1.58. The van der Waals surface area contributed by atoms with E-state index in [-0.39, 0.29) is 5.97 Å². The normalized spacial score (nSPS) is 21.2. The van der Waals surface area contributed by atoms with Crippen molar-refractivity contribution < 1.29 is 14.1 Å². The number of rotatable bonds is 3. The number of allylic oxidation sites excluding steroid dienone is 1. The largest absolute Gasteiger partial charge is 0.461 e. The van der Waals surface area contributed by atoms with E-state index in [1.807, 2.05) is 17.7 Å². The van der Waals surface area contributed by atoms with Crippen LogP contribution in [0.2, 0.25) is 0 Å². The smallest absolute Gasteiger partial charge is 0.372 e. The van der Waals surface area contributed by atoms with Crippen LogP contribution >= 0.6 is 0 Å². The molecule has 14 heavy (non-hydrogen) atoms. The number of esters is 1. The van der Waals surface area contributed by atoms with Gasteiger partial charge in [0.1, 0.15) is 0 Å². The monoisotopic (exact) mass is 196 g/mol. The van der Waals surface area contributed by atoms with E-state index in [1.54, 1.807) is 0 Å². The molecule has 0 amide bonds. The van der Waals surface area contributed by atoms with Crippen LogP contribution in [0.4, 0.5) is 0 Å². The van der Waals surface area contributed by atoms with Crippen molar-refractivity contribution in [3.8, 4) is 0 Å². The van der Waals surface area contributed by atoms with Crippen LogP contribution in [-0.2, 0) is 9.53 Å². The van der Waals surface area contributed by atoms with Gasteiger partial charge in [-0.25, -0.2) is 4.79 Å². The zero-order chi connectivity index (χ0) is 10.6. The van der Waals surface area contributed by atoms with Crippen molar-refractivity contribution in [2.75, 3.05) is 13.2 Å². The predicted molar refractivity (Wildman–Crippen MR) is 55.4 cm³/mol. The number of ether oxygens (including phenoxy) is 1. The van der Waals surface area contributed by atoms with E-state index in [2.05, 4.69) is 19.9 Å². The molecule has 0 bridgehead atoms. The van der Waals surface area contributed by atoms with Gasteiger partial charge in [-0.3, -0.25) is 0 Å². The summed E-state index contributed by atoms with van der Waals surface area (Å²) in [6.45, 7) is 6.83. The highest BCUT2D eigenvalue weighted by Crippen LogP contribution is 2.10. The van der Waals surface area contributed by atoms with Gasteiger partial charge >= 0.3 is 5.97 Å². The Hall–Kier alpha value is -1.12. The second kappa shape index (κ2) is 4.94. The highest BCUT2D eigenvalue weighted by Gasteiger charge is 2.19. The summed E-state index contributed by atoms with van der Waals surface area (Å²) in [5.74, 6) is 0.416. The molecule has 0 aliphatic carbocycles. The first-order valence-electron chi connectivity index (χ1n) is 5.06. The van der Waals surface area contributed by atoms with Gasteiger partial charge in [-0.05, 0) is 18.9 Å². The van der Waals surface area contributed by atoms with Crippen LogP contribution in [0.25, 0.3) is 0 Å². The molecule has 0 aromatic heterocycles. The van der Waals surface area contributed by atoms with Crippen LogP contribution in [0.1, 0.15) is 27.2 Å². The molecule has 0 saturated heterocycles. The molecular weight excluding hydrogens is 178 g/mol. The fourth-order valence-corrected chi connectivity index (χ4v) is 1.56. The lowest BCUT2D eigenvalue weighted by atomic mass is 10.0. The number of carbonyl (C=O) groups excluding carboxylic acids is 1. The number of nitrogens with zero attached hydrogens (tertiary/aromatic N) is 1. The molecule has 78 valence electrons. The molecule has 1 atom stereocenters. The Balaban J connectivity index is 2.57. The van der Waals surface area contributed by atoms with E-state index in [9.17, 15) is 4.79 Å². The fraction of sp³-hybridized carbons (Fsp3) is 0.636. The summed E-state index contributed by atoms with van der Waals surface area (Å²) >= 11 is 0.